The minimum absolute atomic E-state index is 0.0726. The summed E-state index contributed by atoms with van der Waals surface area (Å²) in [4.78, 5) is 15.5. The molecule has 0 aromatic carbocycles. The molecule has 0 aliphatic heterocycles. The smallest absolute Gasteiger partial charge is 0.309 e. The van der Waals surface area contributed by atoms with Gasteiger partial charge in [-0.05, 0) is 25.6 Å². The molecule has 0 spiro atoms. The fourth-order valence-corrected chi connectivity index (χ4v) is 3.44. The minimum Gasteiger partial charge on any atom is -0.519 e. The highest BCUT2D eigenvalue weighted by Crippen LogP contribution is 2.12. The molecule has 0 unspecified atom stereocenters. The van der Waals surface area contributed by atoms with Crippen molar-refractivity contribution in [2.24, 2.45) is 5.92 Å². The van der Waals surface area contributed by atoms with Crippen LogP contribution >= 0.6 is 0 Å². The van der Waals surface area contributed by atoms with Gasteiger partial charge < -0.3 is 9.41 Å². The van der Waals surface area contributed by atoms with Crippen molar-refractivity contribution in [3.8, 4) is 0 Å². The Bertz CT molecular complexity index is 241. The molecule has 0 saturated carbocycles. The molecule has 96 valence electrons. The Kier molecular flexibility index (Phi) is 5.42. The van der Waals surface area contributed by atoms with Crippen LogP contribution in [0.4, 0.5) is 0 Å². The second-order valence-electron chi connectivity index (χ2n) is 6.65. The van der Waals surface area contributed by atoms with Gasteiger partial charge in [0.1, 0.15) is 14.3 Å². The molecule has 1 atom stereocenters. The van der Waals surface area contributed by atoms with Crippen molar-refractivity contribution in [3.63, 3.8) is 0 Å². The largest absolute Gasteiger partial charge is 0.519 e. The van der Waals surface area contributed by atoms with Crippen LogP contribution < -0.4 is 4.98 Å². The molecule has 0 aliphatic carbocycles. The summed E-state index contributed by atoms with van der Waals surface area (Å²) in [5.74, 6) is 0.201. The fraction of sp³-hybridized carbons (Fsp3) is 0.909. The Labute approximate surface area is 102 Å². The van der Waals surface area contributed by atoms with Gasteiger partial charge in [0, 0.05) is 0 Å². The second kappa shape index (κ2) is 5.47. The van der Waals surface area contributed by atoms with Crippen LogP contribution in [0.15, 0.2) is 0 Å². The van der Waals surface area contributed by atoms with Gasteiger partial charge in [-0.25, -0.2) is 0 Å². The van der Waals surface area contributed by atoms with E-state index in [-0.39, 0.29) is 17.9 Å². The van der Waals surface area contributed by atoms with Gasteiger partial charge in [-0.3, -0.25) is 4.79 Å². The van der Waals surface area contributed by atoms with Crippen LogP contribution in [0, 0.1) is 5.92 Å². The predicted molar refractivity (Wildman–Crippen MR) is 74.5 cm³/mol. The van der Waals surface area contributed by atoms with E-state index in [9.17, 15) is 4.79 Å². The lowest BCUT2D eigenvalue weighted by atomic mass is 10.1. The maximum atomic E-state index is 12.1. The molecule has 0 aromatic heterocycles. The van der Waals surface area contributed by atoms with Crippen LogP contribution in [0.5, 0.6) is 0 Å². The van der Waals surface area contributed by atoms with Gasteiger partial charge in [0.05, 0.1) is 0 Å². The summed E-state index contributed by atoms with van der Waals surface area (Å²) in [6, 6.07) is -0.154. The summed E-state index contributed by atoms with van der Waals surface area (Å²) in [5, 5.41) is 0. The van der Waals surface area contributed by atoms with Crippen molar-refractivity contribution in [1.29, 1.82) is 0 Å². The van der Waals surface area contributed by atoms with Gasteiger partial charge in [-0.1, -0.05) is 33.5 Å². The third kappa shape index (κ3) is 7.19. The number of nitrogens with one attached hydrogen (secondary N) is 1. The van der Waals surface area contributed by atoms with E-state index in [0.717, 1.165) is 0 Å². The lowest BCUT2D eigenvalue weighted by Crippen LogP contribution is -2.55. The first-order valence-corrected chi connectivity index (χ1v) is 12.8. The van der Waals surface area contributed by atoms with Crippen LogP contribution in [0.3, 0.4) is 0 Å². The summed E-state index contributed by atoms with van der Waals surface area (Å²) in [6.45, 7) is 16.8. The lowest BCUT2D eigenvalue weighted by Gasteiger charge is -2.30. The minimum atomic E-state index is -1.78. The van der Waals surface area contributed by atoms with E-state index < -0.39 is 16.6 Å². The maximum Gasteiger partial charge on any atom is 0.309 e. The normalized spacial score (nSPS) is 15.1. The SMILES string of the molecule is CC(C)[C@@H](N[Si](C)(C)C)C(=O)O[Si](C)(C)C. The number of carbonyl (C=O) groups excluding carboxylic acids is 1. The van der Waals surface area contributed by atoms with Gasteiger partial charge in [0.2, 0.25) is 8.32 Å². The van der Waals surface area contributed by atoms with Crippen LogP contribution in [-0.4, -0.2) is 28.6 Å². The molecule has 16 heavy (non-hydrogen) atoms. The molecule has 0 saturated heterocycles. The van der Waals surface area contributed by atoms with E-state index in [4.69, 9.17) is 4.43 Å². The van der Waals surface area contributed by atoms with Gasteiger partial charge in [-0.2, -0.15) is 0 Å². The quantitative estimate of drug-likeness (QED) is 0.774. The zero-order valence-electron chi connectivity index (χ0n) is 12.0. The third-order valence-electron chi connectivity index (χ3n) is 1.92. The average molecular weight is 262 g/mol. The summed E-state index contributed by atoms with van der Waals surface area (Å²) in [6.07, 6.45) is 0. The van der Waals surface area contributed by atoms with E-state index in [0.29, 0.717) is 0 Å². The van der Waals surface area contributed by atoms with Crippen molar-refractivity contribution < 1.29 is 9.22 Å². The first-order chi connectivity index (χ1) is 6.92. The number of carbonyl (C=O) groups is 1. The summed E-state index contributed by atoms with van der Waals surface area (Å²) in [7, 11) is -3.24. The van der Waals surface area contributed by atoms with Crippen molar-refractivity contribution in [2.75, 3.05) is 0 Å². The zero-order valence-corrected chi connectivity index (χ0v) is 14.0. The average Bonchev–Trinajstić information content (AvgIpc) is 1.94. The number of hydrogen-bond donors (Lipinski definition) is 1. The summed E-state index contributed by atoms with van der Waals surface area (Å²) >= 11 is 0. The fourth-order valence-electron chi connectivity index (χ4n) is 1.33. The van der Waals surface area contributed by atoms with Crippen LogP contribution in [-0.2, 0) is 9.22 Å². The molecule has 0 bridgehead atoms. The molecule has 0 rings (SSSR count). The first kappa shape index (κ1) is 15.9. The van der Waals surface area contributed by atoms with Crippen molar-refractivity contribution in [1.82, 2.24) is 4.98 Å². The van der Waals surface area contributed by atoms with Crippen LogP contribution in [0.25, 0.3) is 0 Å². The standard InChI is InChI=1S/C11H27NO2Si2/c1-9(2)10(12-15(3,4)5)11(13)14-16(6,7)8/h9-10,12H,1-8H3/t10-/m1/s1. The highest BCUT2D eigenvalue weighted by Gasteiger charge is 2.31. The van der Waals surface area contributed by atoms with Crippen molar-refractivity contribution in [2.45, 2.75) is 59.2 Å². The van der Waals surface area contributed by atoms with Gasteiger partial charge in [-0.15, -0.1) is 0 Å². The highest BCUT2D eigenvalue weighted by atomic mass is 28.4. The van der Waals surface area contributed by atoms with E-state index in [1.807, 2.05) is 19.6 Å². The van der Waals surface area contributed by atoms with Crippen molar-refractivity contribution >= 4 is 22.5 Å². The molecule has 1 N–H and O–H groups in total. The molecule has 5 heteroatoms. The predicted octanol–water partition coefficient (Wildman–Crippen LogP) is 2.81. The molecule has 0 aliphatic rings. The monoisotopic (exact) mass is 261 g/mol. The number of rotatable bonds is 5. The van der Waals surface area contributed by atoms with Crippen LogP contribution in [0.1, 0.15) is 13.8 Å². The molecule has 3 nitrogen and oxygen atoms in total. The first-order valence-electron chi connectivity index (χ1n) is 5.93. The zero-order chi connectivity index (χ0) is 13.1. The highest BCUT2D eigenvalue weighted by molar-refractivity contribution is 6.74. The van der Waals surface area contributed by atoms with Crippen LogP contribution in [0.2, 0.25) is 39.3 Å². The molecular formula is C11H27NO2Si2. The van der Waals surface area contributed by atoms with Gasteiger partial charge >= 0.3 is 5.97 Å². The summed E-state index contributed by atoms with van der Waals surface area (Å²) < 4.78 is 5.57. The Morgan fingerprint density at radius 2 is 1.50 bits per heavy atom. The molecule has 0 heterocycles. The third-order valence-corrected chi connectivity index (χ3v) is 3.91. The molecule has 0 fully saturated rings. The Balaban J connectivity index is 4.62. The molecular weight excluding hydrogens is 234 g/mol. The number of hydrogen-bond acceptors (Lipinski definition) is 3. The van der Waals surface area contributed by atoms with E-state index in [1.54, 1.807) is 0 Å². The molecule has 0 radical (unpaired) electrons. The van der Waals surface area contributed by atoms with Gasteiger partial charge in [0.25, 0.3) is 0 Å². The second-order valence-corrected chi connectivity index (χ2v) is 15.9. The van der Waals surface area contributed by atoms with Crippen molar-refractivity contribution in [3.05, 3.63) is 0 Å². The summed E-state index contributed by atoms with van der Waals surface area (Å²) in [5.41, 5.74) is 0. The Hall–Kier alpha value is -0.136. The Morgan fingerprint density at radius 3 is 1.75 bits per heavy atom. The maximum absolute atomic E-state index is 12.1. The van der Waals surface area contributed by atoms with E-state index in [2.05, 4.69) is 38.5 Å². The van der Waals surface area contributed by atoms with E-state index in [1.165, 1.54) is 0 Å². The molecule has 0 aromatic rings. The van der Waals surface area contributed by atoms with E-state index >= 15 is 0 Å². The van der Waals surface area contributed by atoms with Gasteiger partial charge in [0.15, 0.2) is 0 Å². The molecule has 0 amide bonds. The Morgan fingerprint density at radius 1 is 1.06 bits per heavy atom. The lowest BCUT2D eigenvalue weighted by molar-refractivity contribution is -0.138. The topological polar surface area (TPSA) is 38.3 Å².